The van der Waals surface area contributed by atoms with E-state index in [0.717, 1.165) is 32.1 Å². The molecule has 4 heteroatoms. The fourth-order valence-electron chi connectivity index (χ4n) is 2.44. The summed E-state index contributed by atoms with van der Waals surface area (Å²) in [6, 6.07) is 0.254. The molecule has 0 aliphatic rings. The van der Waals surface area contributed by atoms with Gasteiger partial charge < -0.3 is 11.1 Å². The summed E-state index contributed by atoms with van der Waals surface area (Å²) in [6.07, 6.45) is 6.76. The largest absolute Gasteiger partial charge is 0.392 e. The van der Waals surface area contributed by atoms with E-state index in [-0.39, 0.29) is 11.9 Å². The third kappa shape index (κ3) is 5.09. The topological polar surface area (TPSA) is 55.1 Å². The molecule has 0 saturated heterocycles. The van der Waals surface area contributed by atoms with Crippen LogP contribution in [0, 0.1) is 5.41 Å². The fraction of sp³-hybridized carbons (Fsp3) is 0.867. The molecule has 3 nitrogen and oxygen atoms in total. The Labute approximate surface area is 123 Å². The van der Waals surface area contributed by atoms with E-state index in [1.165, 1.54) is 0 Å². The van der Waals surface area contributed by atoms with Gasteiger partial charge in [-0.3, -0.25) is 4.79 Å². The predicted molar refractivity (Wildman–Crippen MR) is 86.2 cm³/mol. The molecule has 0 rings (SSSR count). The van der Waals surface area contributed by atoms with Crippen LogP contribution in [0.2, 0.25) is 0 Å². The molecule has 1 atom stereocenters. The zero-order chi connectivity index (χ0) is 14.9. The fourth-order valence-corrected chi connectivity index (χ4v) is 2.82. The van der Waals surface area contributed by atoms with E-state index in [1.54, 1.807) is 0 Å². The predicted octanol–water partition coefficient (Wildman–Crippen LogP) is 3.55. The average molecular weight is 286 g/mol. The summed E-state index contributed by atoms with van der Waals surface area (Å²) < 4.78 is 0. The molecule has 0 aromatic heterocycles. The molecule has 1 amide bonds. The minimum atomic E-state index is -0.673. The number of carbonyl (C=O) groups is 1. The Balaban J connectivity index is 4.80. The van der Waals surface area contributed by atoms with Crippen LogP contribution in [-0.4, -0.2) is 16.9 Å². The van der Waals surface area contributed by atoms with E-state index in [2.05, 4.69) is 19.2 Å². The highest BCUT2D eigenvalue weighted by Gasteiger charge is 2.38. The minimum Gasteiger partial charge on any atom is -0.392 e. The first-order valence-corrected chi connectivity index (χ1v) is 8.00. The number of thiocarbonyl (C=S) groups is 1. The van der Waals surface area contributed by atoms with Gasteiger partial charge in [-0.1, -0.05) is 59.2 Å². The highest BCUT2D eigenvalue weighted by molar-refractivity contribution is 7.80. The van der Waals surface area contributed by atoms with Crippen molar-refractivity contribution in [3.05, 3.63) is 0 Å². The van der Waals surface area contributed by atoms with Crippen molar-refractivity contribution in [2.45, 2.75) is 78.7 Å². The van der Waals surface area contributed by atoms with Crippen molar-refractivity contribution < 1.29 is 4.79 Å². The number of unbranched alkanes of at least 4 members (excludes halogenated alkanes) is 1. The van der Waals surface area contributed by atoms with Crippen LogP contribution in [0.5, 0.6) is 0 Å². The van der Waals surface area contributed by atoms with Gasteiger partial charge >= 0.3 is 0 Å². The summed E-state index contributed by atoms with van der Waals surface area (Å²) in [5.74, 6) is 0.0135. The van der Waals surface area contributed by atoms with Crippen molar-refractivity contribution in [1.82, 2.24) is 5.32 Å². The molecule has 19 heavy (non-hydrogen) atoms. The molecule has 3 N–H and O–H groups in total. The van der Waals surface area contributed by atoms with E-state index in [1.807, 2.05) is 13.8 Å². The Morgan fingerprint density at radius 1 is 1.16 bits per heavy atom. The molecule has 0 fully saturated rings. The molecule has 0 aliphatic carbocycles. The third-order valence-corrected chi connectivity index (χ3v) is 4.38. The van der Waals surface area contributed by atoms with Gasteiger partial charge in [-0.05, 0) is 25.7 Å². The summed E-state index contributed by atoms with van der Waals surface area (Å²) in [4.78, 5) is 12.9. The molecule has 0 aromatic carbocycles. The maximum absolute atomic E-state index is 12.5. The Morgan fingerprint density at radius 3 is 2.11 bits per heavy atom. The highest BCUT2D eigenvalue weighted by atomic mass is 32.1. The normalized spacial score (nSPS) is 13.1. The van der Waals surface area contributed by atoms with Crippen LogP contribution in [-0.2, 0) is 4.79 Å². The van der Waals surface area contributed by atoms with E-state index in [0.29, 0.717) is 17.8 Å². The van der Waals surface area contributed by atoms with Crippen LogP contribution in [0.4, 0.5) is 0 Å². The monoisotopic (exact) mass is 286 g/mol. The van der Waals surface area contributed by atoms with Crippen molar-refractivity contribution in [3.63, 3.8) is 0 Å². The summed E-state index contributed by atoms with van der Waals surface area (Å²) in [6.45, 7) is 8.26. The van der Waals surface area contributed by atoms with Gasteiger partial charge in [-0.15, -0.1) is 0 Å². The van der Waals surface area contributed by atoms with Crippen LogP contribution in [0.1, 0.15) is 72.6 Å². The second kappa shape index (κ2) is 9.29. The molecule has 0 saturated carbocycles. The number of nitrogens with two attached hydrogens (primary N) is 1. The van der Waals surface area contributed by atoms with Gasteiger partial charge in [0.15, 0.2) is 0 Å². The lowest BCUT2D eigenvalue weighted by Crippen LogP contribution is -2.51. The minimum absolute atomic E-state index is 0.0135. The number of rotatable bonds is 10. The Hall–Kier alpha value is -0.640. The molecule has 0 heterocycles. The molecular formula is C15H30N2OS. The number of nitrogens with one attached hydrogen (secondary N) is 1. The molecule has 0 spiro atoms. The van der Waals surface area contributed by atoms with Crippen LogP contribution >= 0.6 is 12.2 Å². The van der Waals surface area contributed by atoms with Crippen LogP contribution in [0.3, 0.4) is 0 Å². The van der Waals surface area contributed by atoms with Gasteiger partial charge in [0, 0.05) is 6.04 Å². The number of carbonyl (C=O) groups excluding carboxylic acids is 1. The van der Waals surface area contributed by atoms with E-state index in [9.17, 15) is 4.79 Å². The Bertz CT molecular complexity index is 288. The summed E-state index contributed by atoms with van der Waals surface area (Å²) in [5, 5.41) is 3.17. The van der Waals surface area contributed by atoms with Gasteiger partial charge in [0.25, 0.3) is 0 Å². The third-order valence-electron chi connectivity index (χ3n) is 3.99. The maximum atomic E-state index is 12.5. The van der Waals surface area contributed by atoms with Gasteiger partial charge in [-0.25, -0.2) is 0 Å². The first kappa shape index (κ1) is 18.4. The molecule has 0 aromatic rings. The SMILES string of the molecule is CCCCC(CCC)NC(=O)C(CC)(CC)C(N)=S. The van der Waals surface area contributed by atoms with Crippen LogP contribution in [0.15, 0.2) is 0 Å². The summed E-state index contributed by atoms with van der Waals surface area (Å²) in [7, 11) is 0. The van der Waals surface area contributed by atoms with Crippen molar-refractivity contribution >= 4 is 23.1 Å². The quantitative estimate of drug-likeness (QED) is 0.604. The zero-order valence-electron chi connectivity index (χ0n) is 12.9. The van der Waals surface area contributed by atoms with E-state index in [4.69, 9.17) is 18.0 Å². The van der Waals surface area contributed by atoms with Crippen LogP contribution < -0.4 is 11.1 Å². The second-order valence-corrected chi connectivity index (χ2v) is 5.69. The lowest BCUT2D eigenvalue weighted by Gasteiger charge is -2.31. The standard InChI is InChI=1S/C15H30N2OS/c1-5-9-11-12(10-6-2)17-14(18)15(7-3,8-4)13(16)19/h12H,5-11H2,1-4H3,(H2,16,19)(H,17,18). The molecule has 0 radical (unpaired) electrons. The van der Waals surface area contributed by atoms with Gasteiger partial charge in [0.2, 0.25) is 5.91 Å². The molecule has 0 bridgehead atoms. The van der Waals surface area contributed by atoms with E-state index >= 15 is 0 Å². The van der Waals surface area contributed by atoms with Crippen molar-refractivity contribution in [2.75, 3.05) is 0 Å². The van der Waals surface area contributed by atoms with Gasteiger partial charge in [0.05, 0.1) is 10.4 Å². The average Bonchev–Trinajstić information content (AvgIpc) is 2.38. The Morgan fingerprint density at radius 2 is 1.74 bits per heavy atom. The Kier molecular flexibility index (Phi) is 8.98. The first-order valence-electron chi connectivity index (χ1n) is 7.59. The number of hydrogen-bond acceptors (Lipinski definition) is 2. The smallest absolute Gasteiger partial charge is 0.233 e. The zero-order valence-corrected chi connectivity index (χ0v) is 13.7. The maximum Gasteiger partial charge on any atom is 0.233 e. The number of amides is 1. The second-order valence-electron chi connectivity index (χ2n) is 5.25. The highest BCUT2D eigenvalue weighted by Crippen LogP contribution is 2.27. The lowest BCUT2D eigenvalue weighted by atomic mass is 9.81. The van der Waals surface area contributed by atoms with Crippen molar-refractivity contribution in [2.24, 2.45) is 11.1 Å². The molecular weight excluding hydrogens is 256 g/mol. The van der Waals surface area contributed by atoms with Crippen molar-refractivity contribution in [1.29, 1.82) is 0 Å². The van der Waals surface area contributed by atoms with Gasteiger partial charge in [-0.2, -0.15) is 0 Å². The first-order chi connectivity index (χ1) is 8.98. The molecule has 1 unspecified atom stereocenters. The molecule has 112 valence electrons. The van der Waals surface area contributed by atoms with Gasteiger partial charge in [0.1, 0.15) is 0 Å². The van der Waals surface area contributed by atoms with E-state index < -0.39 is 5.41 Å². The lowest BCUT2D eigenvalue weighted by molar-refractivity contribution is -0.128. The summed E-state index contributed by atoms with van der Waals surface area (Å²) in [5.41, 5.74) is 5.14. The van der Waals surface area contributed by atoms with Crippen molar-refractivity contribution in [3.8, 4) is 0 Å². The summed E-state index contributed by atoms with van der Waals surface area (Å²) >= 11 is 5.13. The molecule has 0 aliphatic heterocycles. The van der Waals surface area contributed by atoms with Crippen LogP contribution in [0.25, 0.3) is 0 Å². The number of hydrogen-bond donors (Lipinski definition) is 2.